The van der Waals surface area contributed by atoms with Gasteiger partial charge in [-0.1, -0.05) is 5.57 Å². The van der Waals surface area contributed by atoms with E-state index in [0.29, 0.717) is 12.0 Å². The lowest BCUT2D eigenvalue weighted by atomic mass is 9.63. The molecule has 0 bridgehead atoms. The van der Waals surface area contributed by atoms with Crippen molar-refractivity contribution in [1.29, 1.82) is 0 Å². The van der Waals surface area contributed by atoms with Gasteiger partial charge in [-0.15, -0.1) is 0 Å². The van der Waals surface area contributed by atoms with E-state index in [1.54, 1.807) is 13.8 Å². The Bertz CT molecular complexity index is 502. The third-order valence-electron chi connectivity index (χ3n) is 5.13. The lowest BCUT2D eigenvalue weighted by Gasteiger charge is -2.53. The maximum absolute atomic E-state index is 11.6. The molecule has 1 N–H and O–H groups in total. The Balaban J connectivity index is 2.45. The van der Waals surface area contributed by atoms with Crippen LogP contribution in [0.4, 0.5) is 0 Å². The molecule has 0 aromatic carbocycles. The van der Waals surface area contributed by atoms with E-state index in [4.69, 9.17) is 9.47 Å². The Labute approximate surface area is 131 Å². The van der Waals surface area contributed by atoms with E-state index in [2.05, 4.69) is 0 Å². The summed E-state index contributed by atoms with van der Waals surface area (Å²) in [5, 5.41) is 10.3. The van der Waals surface area contributed by atoms with Gasteiger partial charge in [-0.3, -0.25) is 9.59 Å². The lowest BCUT2D eigenvalue weighted by Crippen LogP contribution is -2.59. The van der Waals surface area contributed by atoms with Gasteiger partial charge < -0.3 is 14.6 Å². The molecular weight excluding hydrogens is 284 g/mol. The third-order valence-corrected chi connectivity index (χ3v) is 5.13. The fourth-order valence-electron chi connectivity index (χ4n) is 3.75. The summed E-state index contributed by atoms with van der Waals surface area (Å²) in [6, 6.07) is 0. The van der Waals surface area contributed by atoms with Gasteiger partial charge in [0, 0.05) is 18.9 Å². The number of carbonyl (C=O) groups is 2. The predicted molar refractivity (Wildman–Crippen MR) is 81.2 cm³/mol. The van der Waals surface area contributed by atoms with Gasteiger partial charge in [-0.05, 0) is 40.5 Å². The molecule has 0 spiro atoms. The van der Waals surface area contributed by atoms with Gasteiger partial charge in [-0.25, -0.2) is 0 Å². The SMILES string of the molecule is CC(=O)O[C@@H]1C[C@H](C(C)(C)O)O[C@H]2CCC(C)=C(C=O)[C@]21C. The van der Waals surface area contributed by atoms with Crippen molar-refractivity contribution in [2.75, 3.05) is 0 Å². The van der Waals surface area contributed by atoms with Crippen LogP contribution in [-0.4, -0.2) is 41.3 Å². The van der Waals surface area contributed by atoms with E-state index >= 15 is 0 Å². The molecule has 0 unspecified atom stereocenters. The summed E-state index contributed by atoms with van der Waals surface area (Å²) in [5.41, 5.74) is 0.00909. The highest BCUT2D eigenvalue weighted by atomic mass is 16.6. The Kier molecular flexibility index (Phi) is 4.51. The first kappa shape index (κ1) is 17.2. The standard InChI is InChI=1S/C17H26O5/c1-10-6-7-13-17(5,12(10)9-18)15(21-11(2)19)8-14(22-13)16(3,4)20/h9,13-15,20H,6-8H2,1-5H3/t13-,14+,15+,17+/m0/s1. The zero-order valence-electron chi connectivity index (χ0n) is 14.0. The van der Waals surface area contributed by atoms with Crippen molar-refractivity contribution in [2.24, 2.45) is 5.41 Å². The van der Waals surface area contributed by atoms with Gasteiger partial charge in [0.25, 0.3) is 0 Å². The van der Waals surface area contributed by atoms with Crippen LogP contribution in [-0.2, 0) is 19.1 Å². The van der Waals surface area contributed by atoms with Crippen LogP contribution in [0.15, 0.2) is 11.1 Å². The molecule has 1 aliphatic heterocycles. The monoisotopic (exact) mass is 310 g/mol. The summed E-state index contributed by atoms with van der Waals surface area (Å²) >= 11 is 0. The topological polar surface area (TPSA) is 72.8 Å². The number of carbonyl (C=O) groups excluding carboxylic acids is 2. The summed E-state index contributed by atoms with van der Waals surface area (Å²) in [6.07, 6.45) is 1.62. The van der Waals surface area contributed by atoms with Crippen LogP contribution in [0.3, 0.4) is 0 Å². The largest absolute Gasteiger partial charge is 0.461 e. The molecule has 0 saturated carbocycles. The van der Waals surface area contributed by atoms with Crippen LogP contribution < -0.4 is 0 Å². The van der Waals surface area contributed by atoms with Crippen molar-refractivity contribution in [2.45, 2.75) is 77.8 Å². The second-order valence-corrected chi connectivity index (χ2v) is 7.23. The number of allylic oxidation sites excluding steroid dienone is 1. The number of aldehydes is 1. The average molecular weight is 310 g/mol. The number of aliphatic hydroxyl groups is 1. The van der Waals surface area contributed by atoms with Gasteiger partial charge >= 0.3 is 5.97 Å². The number of hydrogen-bond acceptors (Lipinski definition) is 5. The van der Waals surface area contributed by atoms with Crippen LogP contribution in [0.5, 0.6) is 0 Å². The second-order valence-electron chi connectivity index (χ2n) is 7.23. The first-order chi connectivity index (χ1) is 10.1. The number of fused-ring (bicyclic) bond motifs is 1. The Morgan fingerprint density at radius 3 is 2.64 bits per heavy atom. The normalized spacial score (nSPS) is 35.8. The van der Waals surface area contributed by atoms with Crippen LogP contribution in [0.1, 0.15) is 53.9 Å². The molecule has 2 aliphatic rings. The minimum absolute atomic E-state index is 0.245. The molecule has 0 amide bonds. The number of rotatable bonds is 3. The fourth-order valence-corrected chi connectivity index (χ4v) is 3.75. The minimum atomic E-state index is -1.03. The van der Waals surface area contributed by atoms with E-state index in [1.165, 1.54) is 6.92 Å². The Hall–Kier alpha value is -1.20. The highest BCUT2D eigenvalue weighted by Gasteiger charge is 2.55. The zero-order chi connectivity index (χ0) is 16.7. The predicted octanol–water partition coefficient (Wildman–Crippen LogP) is 2.16. The average Bonchev–Trinajstić information content (AvgIpc) is 2.38. The van der Waals surface area contributed by atoms with Gasteiger partial charge in [0.1, 0.15) is 12.4 Å². The van der Waals surface area contributed by atoms with Crippen LogP contribution in [0.25, 0.3) is 0 Å². The molecule has 22 heavy (non-hydrogen) atoms. The summed E-state index contributed by atoms with van der Waals surface area (Å²) in [6.45, 7) is 8.62. The van der Waals surface area contributed by atoms with Crippen LogP contribution in [0, 0.1) is 5.41 Å². The maximum Gasteiger partial charge on any atom is 0.302 e. The minimum Gasteiger partial charge on any atom is -0.461 e. The first-order valence-electron chi connectivity index (χ1n) is 7.81. The molecule has 2 rings (SSSR count). The molecule has 5 nitrogen and oxygen atoms in total. The first-order valence-corrected chi connectivity index (χ1v) is 7.81. The highest BCUT2D eigenvalue weighted by molar-refractivity contribution is 5.78. The summed E-state index contributed by atoms with van der Waals surface area (Å²) in [4.78, 5) is 23.2. The highest BCUT2D eigenvalue weighted by Crippen LogP contribution is 2.50. The number of hydrogen-bond donors (Lipinski definition) is 1. The molecule has 0 aromatic rings. The van der Waals surface area contributed by atoms with Crippen molar-refractivity contribution in [1.82, 2.24) is 0 Å². The number of esters is 1. The molecule has 1 fully saturated rings. The van der Waals surface area contributed by atoms with E-state index in [1.807, 2.05) is 13.8 Å². The van der Waals surface area contributed by atoms with Gasteiger partial charge in [0.2, 0.25) is 0 Å². The van der Waals surface area contributed by atoms with E-state index < -0.39 is 23.2 Å². The summed E-state index contributed by atoms with van der Waals surface area (Å²) in [5.74, 6) is -0.380. The van der Waals surface area contributed by atoms with Crippen LogP contribution >= 0.6 is 0 Å². The van der Waals surface area contributed by atoms with E-state index in [-0.39, 0.29) is 12.1 Å². The van der Waals surface area contributed by atoms with Crippen molar-refractivity contribution in [3.05, 3.63) is 11.1 Å². The second kappa shape index (κ2) is 5.78. The molecule has 1 heterocycles. The van der Waals surface area contributed by atoms with Crippen molar-refractivity contribution >= 4 is 12.3 Å². The smallest absolute Gasteiger partial charge is 0.302 e. The molecule has 1 aliphatic carbocycles. The van der Waals surface area contributed by atoms with E-state index in [0.717, 1.165) is 24.7 Å². The van der Waals surface area contributed by atoms with Crippen molar-refractivity contribution in [3.63, 3.8) is 0 Å². The molecular formula is C17H26O5. The maximum atomic E-state index is 11.6. The van der Waals surface area contributed by atoms with Gasteiger partial charge in [0.15, 0.2) is 0 Å². The van der Waals surface area contributed by atoms with Crippen LogP contribution in [0.2, 0.25) is 0 Å². The van der Waals surface area contributed by atoms with Gasteiger partial charge in [0.05, 0.1) is 23.2 Å². The molecule has 0 radical (unpaired) electrons. The molecule has 5 heteroatoms. The molecule has 4 atom stereocenters. The van der Waals surface area contributed by atoms with E-state index in [9.17, 15) is 14.7 Å². The van der Waals surface area contributed by atoms with Crippen molar-refractivity contribution < 1.29 is 24.2 Å². The van der Waals surface area contributed by atoms with Gasteiger partial charge in [-0.2, -0.15) is 0 Å². The summed E-state index contributed by atoms with van der Waals surface area (Å²) in [7, 11) is 0. The third kappa shape index (κ3) is 2.84. The number of ether oxygens (including phenoxy) is 2. The zero-order valence-corrected chi connectivity index (χ0v) is 14.0. The Morgan fingerprint density at radius 2 is 2.14 bits per heavy atom. The molecule has 124 valence electrons. The quantitative estimate of drug-likeness (QED) is 0.639. The molecule has 0 aromatic heterocycles. The van der Waals surface area contributed by atoms with Crippen molar-refractivity contribution in [3.8, 4) is 0 Å². The fraction of sp³-hybridized carbons (Fsp3) is 0.765. The summed E-state index contributed by atoms with van der Waals surface area (Å²) < 4.78 is 11.7. The lowest BCUT2D eigenvalue weighted by molar-refractivity contribution is -0.224. The Morgan fingerprint density at radius 1 is 1.50 bits per heavy atom. The molecule has 1 saturated heterocycles.